The lowest BCUT2D eigenvalue weighted by Crippen LogP contribution is -2.26. The van der Waals surface area contributed by atoms with Gasteiger partial charge in [-0.25, -0.2) is 4.39 Å². The molecule has 0 spiro atoms. The Bertz CT molecular complexity index is 545. The predicted octanol–water partition coefficient (Wildman–Crippen LogP) is 4.63. The first-order valence-electron chi connectivity index (χ1n) is 7.30. The summed E-state index contributed by atoms with van der Waals surface area (Å²) >= 11 is 0. The van der Waals surface area contributed by atoms with E-state index < -0.39 is 0 Å². The predicted molar refractivity (Wildman–Crippen MR) is 79.9 cm³/mol. The Morgan fingerprint density at radius 3 is 2.20 bits per heavy atom. The molecule has 2 unspecified atom stereocenters. The highest BCUT2D eigenvalue weighted by molar-refractivity contribution is 5.24. The Morgan fingerprint density at radius 2 is 1.60 bits per heavy atom. The van der Waals surface area contributed by atoms with E-state index in [0.29, 0.717) is 18.0 Å². The van der Waals surface area contributed by atoms with Gasteiger partial charge in [-0.15, -0.1) is 0 Å². The zero-order valence-electron chi connectivity index (χ0n) is 11.7. The molecule has 1 fully saturated rings. The Kier molecular flexibility index (Phi) is 3.83. The van der Waals surface area contributed by atoms with Crippen LogP contribution in [0.15, 0.2) is 54.6 Å². The molecule has 2 heteroatoms. The van der Waals surface area contributed by atoms with Gasteiger partial charge in [0.25, 0.3) is 0 Å². The first-order chi connectivity index (χ1) is 9.74. The van der Waals surface area contributed by atoms with Gasteiger partial charge >= 0.3 is 0 Å². The van der Waals surface area contributed by atoms with E-state index >= 15 is 0 Å². The molecular formula is C18H20FN. The first kappa shape index (κ1) is 13.3. The van der Waals surface area contributed by atoms with Crippen LogP contribution in [0.3, 0.4) is 0 Å². The van der Waals surface area contributed by atoms with Gasteiger partial charge in [-0.05, 0) is 48.9 Å². The van der Waals surface area contributed by atoms with Crippen molar-refractivity contribution < 1.29 is 4.39 Å². The van der Waals surface area contributed by atoms with Crippen molar-refractivity contribution in [2.75, 3.05) is 0 Å². The van der Waals surface area contributed by atoms with Crippen molar-refractivity contribution in [1.82, 2.24) is 5.32 Å². The average Bonchev–Trinajstić information content (AvgIpc) is 3.31. The van der Waals surface area contributed by atoms with Crippen molar-refractivity contribution in [3.8, 4) is 0 Å². The molecule has 1 N–H and O–H groups in total. The minimum absolute atomic E-state index is 0.167. The quantitative estimate of drug-likeness (QED) is 0.834. The summed E-state index contributed by atoms with van der Waals surface area (Å²) in [6, 6.07) is 18.0. The minimum atomic E-state index is -0.167. The highest BCUT2D eigenvalue weighted by Gasteiger charge is 2.33. The molecule has 1 aliphatic carbocycles. The molecule has 0 heterocycles. The maximum atomic E-state index is 13.1. The average molecular weight is 269 g/mol. The van der Waals surface area contributed by atoms with Crippen molar-refractivity contribution in [2.24, 2.45) is 5.92 Å². The number of nitrogens with one attached hydrogen (secondary N) is 1. The van der Waals surface area contributed by atoms with Crippen LogP contribution in [0.25, 0.3) is 0 Å². The van der Waals surface area contributed by atoms with Crippen LogP contribution >= 0.6 is 0 Å². The molecule has 1 saturated carbocycles. The van der Waals surface area contributed by atoms with Crippen molar-refractivity contribution in [1.29, 1.82) is 0 Å². The summed E-state index contributed by atoms with van der Waals surface area (Å²) in [5, 5.41) is 3.71. The number of halogens is 1. The third-order valence-electron chi connectivity index (χ3n) is 4.05. The van der Waals surface area contributed by atoms with Crippen LogP contribution in [-0.2, 0) is 0 Å². The van der Waals surface area contributed by atoms with Gasteiger partial charge in [0.2, 0.25) is 0 Å². The van der Waals surface area contributed by atoms with Crippen LogP contribution in [0, 0.1) is 11.7 Å². The maximum Gasteiger partial charge on any atom is 0.123 e. The summed E-state index contributed by atoms with van der Waals surface area (Å²) in [5.74, 6) is 0.519. The van der Waals surface area contributed by atoms with E-state index in [9.17, 15) is 4.39 Å². The second-order valence-electron chi connectivity index (χ2n) is 5.67. The maximum absolute atomic E-state index is 13.1. The lowest BCUT2D eigenvalue weighted by Gasteiger charge is -2.24. The van der Waals surface area contributed by atoms with Crippen molar-refractivity contribution >= 4 is 0 Å². The van der Waals surface area contributed by atoms with Crippen LogP contribution in [-0.4, -0.2) is 0 Å². The Labute approximate surface area is 119 Å². The zero-order valence-corrected chi connectivity index (χ0v) is 11.7. The van der Waals surface area contributed by atoms with Crippen LogP contribution in [0.1, 0.15) is 43.0 Å². The Hall–Kier alpha value is -1.67. The standard InChI is InChI=1S/C18H20FN/c1-13(14-5-3-2-4-6-14)20-18(15-7-8-15)16-9-11-17(19)12-10-16/h2-6,9-13,15,18,20H,7-8H2,1H3. The van der Waals surface area contributed by atoms with Crippen molar-refractivity contribution in [3.05, 3.63) is 71.5 Å². The van der Waals surface area contributed by atoms with E-state index in [1.54, 1.807) is 12.1 Å². The topological polar surface area (TPSA) is 12.0 Å². The van der Waals surface area contributed by atoms with Gasteiger partial charge in [0.05, 0.1) is 0 Å². The van der Waals surface area contributed by atoms with Gasteiger partial charge in [0, 0.05) is 12.1 Å². The number of hydrogen-bond donors (Lipinski definition) is 1. The van der Waals surface area contributed by atoms with Gasteiger partial charge in [0.15, 0.2) is 0 Å². The van der Waals surface area contributed by atoms with Gasteiger partial charge in [-0.3, -0.25) is 0 Å². The highest BCUT2D eigenvalue weighted by atomic mass is 19.1. The van der Waals surface area contributed by atoms with Crippen LogP contribution in [0.2, 0.25) is 0 Å². The van der Waals surface area contributed by atoms with Crippen molar-refractivity contribution in [3.63, 3.8) is 0 Å². The smallest absolute Gasteiger partial charge is 0.123 e. The summed E-state index contributed by atoms with van der Waals surface area (Å²) in [7, 11) is 0. The molecule has 1 aliphatic rings. The summed E-state index contributed by atoms with van der Waals surface area (Å²) in [6.45, 7) is 2.19. The minimum Gasteiger partial charge on any atom is -0.303 e. The fourth-order valence-corrected chi connectivity index (χ4v) is 2.71. The molecule has 1 nitrogen and oxygen atoms in total. The van der Waals surface area contributed by atoms with Gasteiger partial charge in [0.1, 0.15) is 5.82 Å². The third-order valence-corrected chi connectivity index (χ3v) is 4.05. The van der Waals surface area contributed by atoms with Crippen LogP contribution < -0.4 is 5.32 Å². The van der Waals surface area contributed by atoms with Crippen molar-refractivity contribution in [2.45, 2.75) is 31.8 Å². The van der Waals surface area contributed by atoms with Crippen LogP contribution in [0.5, 0.6) is 0 Å². The molecule has 0 amide bonds. The lowest BCUT2D eigenvalue weighted by atomic mass is 9.99. The van der Waals surface area contributed by atoms with Gasteiger partial charge in [-0.2, -0.15) is 0 Å². The molecule has 2 aromatic rings. The molecule has 0 radical (unpaired) electrons. The molecule has 2 aromatic carbocycles. The van der Waals surface area contributed by atoms with E-state index in [2.05, 4.69) is 36.5 Å². The second-order valence-corrected chi connectivity index (χ2v) is 5.67. The molecule has 0 aliphatic heterocycles. The number of rotatable bonds is 5. The summed E-state index contributed by atoms with van der Waals surface area (Å²) in [6.07, 6.45) is 2.52. The molecular weight excluding hydrogens is 249 g/mol. The van der Waals surface area contributed by atoms with E-state index in [-0.39, 0.29) is 5.82 Å². The second kappa shape index (κ2) is 5.76. The molecule has 3 rings (SSSR count). The molecule has 0 saturated heterocycles. The first-order valence-corrected chi connectivity index (χ1v) is 7.30. The van der Waals surface area contributed by atoms with E-state index in [0.717, 1.165) is 0 Å². The molecule has 104 valence electrons. The lowest BCUT2D eigenvalue weighted by molar-refractivity contribution is 0.427. The van der Waals surface area contributed by atoms with E-state index in [4.69, 9.17) is 0 Å². The Morgan fingerprint density at radius 1 is 0.950 bits per heavy atom. The Balaban J connectivity index is 1.76. The largest absolute Gasteiger partial charge is 0.303 e. The summed E-state index contributed by atoms with van der Waals surface area (Å²) < 4.78 is 13.1. The summed E-state index contributed by atoms with van der Waals surface area (Å²) in [4.78, 5) is 0. The third kappa shape index (κ3) is 3.07. The fourth-order valence-electron chi connectivity index (χ4n) is 2.71. The molecule has 20 heavy (non-hydrogen) atoms. The molecule has 0 aromatic heterocycles. The number of benzene rings is 2. The molecule has 2 atom stereocenters. The normalized spacial score (nSPS) is 17.7. The number of hydrogen-bond acceptors (Lipinski definition) is 1. The van der Waals surface area contributed by atoms with Crippen LogP contribution in [0.4, 0.5) is 4.39 Å². The van der Waals surface area contributed by atoms with Gasteiger partial charge in [-0.1, -0.05) is 42.5 Å². The zero-order chi connectivity index (χ0) is 13.9. The molecule has 0 bridgehead atoms. The summed E-state index contributed by atoms with van der Waals surface area (Å²) in [5.41, 5.74) is 2.48. The highest BCUT2D eigenvalue weighted by Crippen LogP contribution is 2.42. The fraction of sp³-hybridized carbons (Fsp3) is 0.333. The van der Waals surface area contributed by atoms with Gasteiger partial charge < -0.3 is 5.32 Å². The monoisotopic (exact) mass is 269 g/mol. The SMILES string of the molecule is CC(NC(c1ccc(F)cc1)C1CC1)c1ccccc1. The van der Waals surface area contributed by atoms with E-state index in [1.807, 2.05) is 18.2 Å². The van der Waals surface area contributed by atoms with E-state index in [1.165, 1.54) is 24.0 Å².